The molecule has 0 saturated carbocycles. The van der Waals surface area contributed by atoms with Crippen molar-refractivity contribution < 1.29 is 4.74 Å². The highest BCUT2D eigenvalue weighted by atomic mass is 32.2. The van der Waals surface area contributed by atoms with Crippen LogP contribution in [0, 0.1) is 0 Å². The molecule has 94 valence electrons. The first-order chi connectivity index (χ1) is 8.86. The number of hydrogen-bond acceptors (Lipinski definition) is 4. The van der Waals surface area contributed by atoms with E-state index in [1.54, 1.807) is 0 Å². The summed E-state index contributed by atoms with van der Waals surface area (Å²) in [5.41, 5.74) is 7.44. The Morgan fingerprint density at radius 1 is 1.33 bits per heavy atom. The number of aromatic nitrogens is 1. The zero-order valence-corrected chi connectivity index (χ0v) is 10.9. The Morgan fingerprint density at radius 2 is 2.22 bits per heavy atom. The number of fused-ring (bicyclic) bond motifs is 1. The summed E-state index contributed by atoms with van der Waals surface area (Å²) in [4.78, 5) is 4.29. The lowest BCUT2D eigenvalue weighted by molar-refractivity contribution is 0.0572. The number of pyridine rings is 1. The first-order valence-corrected chi connectivity index (χ1v) is 7.29. The van der Waals surface area contributed by atoms with E-state index < -0.39 is 0 Å². The SMILES string of the molecule is NC(c1cncc2ccccc12)C1CSCCO1. The molecule has 0 spiro atoms. The largest absolute Gasteiger partial charge is 0.375 e. The molecule has 18 heavy (non-hydrogen) atoms. The van der Waals surface area contributed by atoms with Gasteiger partial charge in [-0.05, 0) is 10.9 Å². The minimum Gasteiger partial charge on any atom is -0.375 e. The molecule has 1 saturated heterocycles. The van der Waals surface area contributed by atoms with E-state index in [9.17, 15) is 0 Å². The van der Waals surface area contributed by atoms with Gasteiger partial charge in [0.2, 0.25) is 0 Å². The fraction of sp³-hybridized carbons (Fsp3) is 0.357. The molecule has 1 aromatic heterocycles. The molecular weight excluding hydrogens is 244 g/mol. The Labute approximate surface area is 111 Å². The molecular formula is C14H16N2OS. The number of benzene rings is 1. The summed E-state index contributed by atoms with van der Waals surface area (Å²) in [6.07, 6.45) is 3.84. The van der Waals surface area contributed by atoms with Crippen molar-refractivity contribution in [1.29, 1.82) is 0 Å². The van der Waals surface area contributed by atoms with Crippen molar-refractivity contribution in [2.24, 2.45) is 5.73 Å². The first kappa shape index (κ1) is 12.0. The lowest BCUT2D eigenvalue weighted by Crippen LogP contribution is -2.34. The van der Waals surface area contributed by atoms with E-state index in [0.717, 1.165) is 29.1 Å². The van der Waals surface area contributed by atoms with Gasteiger partial charge in [0.25, 0.3) is 0 Å². The summed E-state index contributed by atoms with van der Waals surface area (Å²) < 4.78 is 5.77. The van der Waals surface area contributed by atoms with Gasteiger partial charge in [0.05, 0.1) is 18.8 Å². The molecule has 2 aromatic rings. The minimum absolute atomic E-state index is 0.0938. The molecule has 2 heterocycles. The topological polar surface area (TPSA) is 48.1 Å². The molecule has 3 nitrogen and oxygen atoms in total. The standard InChI is InChI=1S/C14H16N2OS/c15-14(13-9-18-6-5-17-13)12-8-16-7-10-3-1-2-4-11(10)12/h1-4,7-8,13-14H,5-6,9,15H2. The van der Waals surface area contributed by atoms with Crippen molar-refractivity contribution in [3.8, 4) is 0 Å². The van der Waals surface area contributed by atoms with Crippen molar-refractivity contribution in [2.75, 3.05) is 18.1 Å². The highest BCUT2D eigenvalue weighted by molar-refractivity contribution is 7.99. The average molecular weight is 260 g/mol. The summed E-state index contributed by atoms with van der Waals surface area (Å²) in [5.74, 6) is 2.03. The van der Waals surface area contributed by atoms with Crippen LogP contribution in [0.2, 0.25) is 0 Å². The maximum Gasteiger partial charge on any atom is 0.0858 e. The molecule has 0 bridgehead atoms. The van der Waals surface area contributed by atoms with E-state index in [2.05, 4.69) is 17.1 Å². The third-order valence-electron chi connectivity index (χ3n) is 3.30. The van der Waals surface area contributed by atoms with Gasteiger partial charge in [0.15, 0.2) is 0 Å². The third kappa shape index (κ3) is 2.23. The highest BCUT2D eigenvalue weighted by Crippen LogP contribution is 2.28. The molecule has 0 radical (unpaired) electrons. The van der Waals surface area contributed by atoms with Crippen LogP contribution < -0.4 is 5.73 Å². The number of ether oxygens (including phenoxy) is 1. The van der Waals surface area contributed by atoms with Gasteiger partial charge >= 0.3 is 0 Å². The van der Waals surface area contributed by atoms with Gasteiger partial charge in [0, 0.05) is 29.3 Å². The van der Waals surface area contributed by atoms with Crippen LogP contribution in [0.1, 0.15) is 11.6 Å². The molecule has 1 fully saturated rings. The predicted molar refractivity (Wildman–Crippen MR) is 75.7 cm³/mol. The highest BCUT2D eigenvalue weighted by Gasteiger charge is 2.24. The Kier molecular flexibility index (Phi) is 3.50. The van der Waals surface area contributed by atoms with E-state index in [1.165, 1.54) is 5.39 Å². The van der Waals surface area contributed by atoms with E-state index in [0.29, 0.717) is 0 Å². The third-order valence-corrected chi connectivity index (χ3v) is 4.32. The van der Waals surface area contributed by atoms with Crippen LogP contribution in [0.3, 0.4) is 0 Å². The summed E-state index contributed by atoms with van der Waals surface area (Å²) in [5, 5.41) is 2.31. The summed E-state index contributed by atoms with van der Waals surface area (Å²) in [6, 6.07) is 8.12. The van der Waals surface area contributed by atoms with E-state index in [1.807, 2.05) is 36.3 Å². The Morgan fingerprint density at radius 3 is 3.06 bits per heavy atom. The van der Waals surface area contributed by atoms with Crippen LogP contribution in [0.15, 0.2) is 36.7 Å². The van der Waals surface area contributed by atoms with E-state index in [4.69, 9.17) is 10.5 Å². The monoisotopic (exact) mass is 260 g/mol. The second-order valence-corrected chi connectivity index (χ2v) is 5.61. The number of thioether (sulfide) groups is 1. The van der Waals surface area contributed by atoms with Crippen molar-refractivity contribution >= 4 is 22.5 Å². The first-order valence-electron chi connectivity index (χ1n) is 6.14. The van der Waals surface area contributed by atoms with Crippen molar-refractivity contribution in [3.63, 3.8) is 0 Å². The van der Waals surface area contributed by atoms with Crippen molar-refractivity contribution in [2.45, 2.75) is 12.1 Å². The number of rotatable bonds is 2. The molecule has 1 aliphatic heterocycles. The van der Waals surface area contributed by atoms with Crippen LogP contribution in [-0.2, 0) is 4.74 Å². The van der Waals surface area contributed by atoms with Gasteiger partial charge in [-0.2, -0.15) is 11.8 Å². The summed E-state index contributed by atoms with van der Waals surface area (Å²) in [6.45, 7) is 0.793. The predicted octanol–water partition coefficient (Wildman–Crippen LogP) is 2.37. The fourth-order valence-electron chi connectivity index (χ4n) is 2.32. The maximum absolute atomic E-state index is 6.36. The smallest absolute Gasteiger partial charge is 0.0858 e. The van der Waals surface area contributed by atoms with Crippen LogP contribution in [0.25, 0.3) is 10.8 Å². The molecule has 2 unspecified atom stereocenters. The van der Waals surface area contributed by atoms with Crippen LogP contribution in [0.4, 0.5) is 0 Å². The van der Waals surface area contributed by atoms with Gasteiger partial charge in [-0.1, -0.05) is 24.3 Å². The van der Waals surface area contributed by atoms with Gasteiger partial charge < -0.3 is 10.5 Å². The zero-order chi connectivity index (χ0) is 12.4. The Balaban J connectivity index is 1.97. The lowest BCUT2D eigenvalue weighted by Gasteiger charge is -2.28. The zero-order valence-electron chi connectivity index (χ0n) is 10.1. The van der Waals surface area contributed by atoms with Crippen LogP contribution in [-0.4, -0.2) is 29.2 Å². The molecule has 1 aliphatic rings. The number of nitrogens with two attached hydrogens (primary N) is 1. The summed E-state index contributed by atoms with van der Waals surface area (Å²) >= 11 is 1.91. The minimum atomic E-state index is -0.101. The van der Waals surface area contributed by atoms with Crippen molar-refractivity contribution in [1.82, 2.24) is 4.98 Å². The molecule has 3 rings (SSSR count). The van der Waals surface area contributed by atoms with Crippen LogP contribution >= 0.6 is 11.8 Å². The average Bonchev–Trinajstić information content (AvgIpc) is 2.47. The molecule has 2 N–H and O–H groups in total. The quantitative estimate of drug-likeness (QED) is 0.900. The molecule has 1 aromatic carbocycles. The van der Waals surface area contributed by atoms with Gasteiger partial charge in [-0.15, -0.1) is 0 Å². The number of nitrogens with zero attached hydrogens (tertiary/aromatic N) is 1. The molecule has 2 atom stereocenters. The van der Waals surface area contributed by atoms with Crippen molar-refractivity contribution in [3.05, 3.63) is 42.2 Å². The maximum atomic E-state index is 6.36. The normalized spacial score (nSPS) is 21.9. The Hall–Kier alpha value is -1.10. The summed E-state index contributed by atoms with van der Waals surface area (Å²) in [7, 11) is 0. The molecule has 4 heteroatoms. The Bertz CT molecular complexity index is 535. The lowest BCUT2D eigenvalue weighted by atomic mass is 9.99. The second-order valence-electron chi connectivity index (χ2n) is 4.46. The molecule has 0 amide bonds. The van der Waals surface area contributed by atoms with Gasteiger partial charge in [-0.25, -0.2) is 0 Å². The second kappa shape index (κ2) is 5.26. The van der Waals surface area contributed by atoms with Crippen LogP contribution in [0.5, 0.6) is 0 Å². The number of hydrogen-bond donors (Lipinski definition) is 1. The van der Waals surface area contributed by atoms with Gasteiger partial charge in [-0.3, -0.25) is 4.98 Å². The van der Waals surface area contributed by atoms with E-state index in [-0.39, 0.29) is 12.1 Å². The molecule has 0 aliphatic carbocycles. The van der Waals surface area contributed by atoms with Gasteiger partial charge in [0.1, 0.15) is 0 Å². The van der Waals surface area contributed by atoms with E-state index >= 15 is 0 Å². The fourth-order valence-corrected chi connectivity index (χ4v) is 3.24.